The number of piperazine rings is 1. The average molecular weight is 440 g/mol. The van der Waals surface area contributed by atoms with Gasteiger partial charge in [0.25, 0.3) is 0 Å². The van der Waals surface area contributed by atoms with Crippen LogP contribution >= 0.6 is 11.6 Å². The summed E-state index contributed by atoms with van der Waals surface area (Å²) in [5.74, 6) is -0.760. The van der Waals surface area contributed by atoms with Crippen molar-refractivity contribution in [2.24, 2.45) is 0 Å². The normalized spacial score (nSPS) is 15.0. The molecule has 0 unspecified atom stereocenters. The molecule has 9 heteroatoms. The van der Waals surface area contributed by atoms with Gasteiger partial charge in [-0.2, -0.15) is 4.31 Å². The van der Waals surface area contributed by atoms with Crippen molar-refractivity contribution < 1.29 is 17.6 Å². The summed E-state index contributed by atoms with van der Waals surface area (Å²) >= 11 is 6.04. The predicted octanol–water partition coefficient (Wildman–Crippen LogP) is 2.84. The molecule has 2 aromatic rings. The van der Waals surface area contributed by atoms with Crippen LogP contribution in [0.5, 0.6) is 0 Å². The van der Waals surface area contributed by atoms with Gasteiger partial charge in [-0.25, -0.2) is 12.8 Å². The fourth-order valence-corrected chi connectivity index (χ4v) is 4.84. The zero-order chi connectivity index (χ0) is 21.0. The summed E-state index contributed by atoms with van der Waals surface area (Å²) in [6.07, 6.45) is 0. The molecule has 1 aliphatic rings. The first-order valence-corrected chi connectivity index (χ1v) is 11.2. The van der Waals surface area contributed by atoms with Gasteiger partial charge in [-0.1, -0.05) is 24.6 Å². The summed E-state index contributed by atoms with van der Waals surface area (Å²) in [5.41, 5.74) is 0.999. The lowest BCUT2D eigenvalue weighted by Gasteiger charge is -2.37. The molecule has 2 aromatic carbocycles. The van der Waals surface area contributed by atoms with E-state index in [1.807, 2.05) is 24.3 Å². The number of hydrogen-bond acceptors (Lipinski definition) is 4. The molecule has 1 amide bonds. The lowest BCUT2D eigenvalue weighted by molar-refractivity contribution is -0.131. The number of likely N-dealkylation sites (N-methyl/N-ethyl adjacent to an activating group) is 1. The minimum absolute atomic E-state index is 0.0284. The molecule has 0 N–H and O–H groups in total. The third kappa shape index (κ3) is 5.07. The van der Waals surface area contributed by atoms with Crippen molar-refractivity contribution in [3.63, 3.8) is 0 Å². The van der Waals surface area contributed by atoms with Crippen LogP contribution in [0.1, 0.15) is 6.92 Å². The molecule has 1 fully saturated rings. The zero-order valence-electron chi connectivity index (χ0n) is 16.1. The van der Waals surface area contributed by atoms with Crippen LogP contribution in [0.25, 0.3) is 0 Å². The molecule has 1 saturated heterocycles. The van der Waals surface area contributed by atoms with Crippen molar-refractivity contribution >= 4 is 33.2 Å². The molecule has 6 nitrogen and oxygen atoms in total. The van der Waals surface area contributed by atoms with E-state index in [4.69, 9.17) is 11.6 Å². The summed E-state index contributed by atoms with van der Waals surface area (Å²) in [6, 6.07) is 12.2. The lowest BCUT2D eigenvalue weighted by Crippen LogP contribution is -2.51. The fraction of sp³-hybridized carbons (Fsp3) is 0.350. The van der Waals surface area contributed by atoms with Crippen molar-refractivity contribution in [1.29, 1.82) is 0 Å². The van der Waals surface area contributed by atoms with Gasteiger partial charge < -0.3 is 9.80 Å². The van der Waals surface area contributed by atoms with Crippen molar-refractivity contribution in [2.75, 3.05) is 44.2 Å². The van der Waals surface area contributed by atoms with Gasteiger partial charge in [-0.3, -0.25) is 4.79 Å². The highest BCUT2D eigenvalue weighted by Gasteiger charge is 2.28. The molecule has 1 heterocycles. The van der Waals surface area contributed by atoms with Crippen LogP contribution in [0.4, 0.5) is 10.1 Å². The van der Waals surface area contributed by atoms with Crippen LogP contribution in [0, 0.1) is 5.82 Å². The van der Waals surface area contributed by atoms with Crippen LogP contribution < -0.4 is 4.90 Å². The minimum atomic E-state index is -3.87. The van der Waals surface area contributed by atoms with Crippen LogP contribution in [0.2, 0.25) is 5.02 Å². The number of halogens is 2. The second-order valence-corrected chi connectivity index (χ2v) is 9.11. The molecule has 0 radical (unpaired) electrons. The maximum Gasteiger partial charge on any atom is 0.243 e. The van der Waals surface area contributed by atoms with Gasteiger partial charge in [0, 0.05) is 43.4 Å². The van der Waals surface area contributed by atoms with Crippen LogP contribution in [0.15, 0.2) is 53.4 Å². The Morgan fingerprint density at radius 3 is 2.34 bits per heavy atom. The van der Waals surface area contributed by atoms with Crippen LogP contribution in [-0.2, 0) is 14.8 Å². The number of hydrogen-bond donors (Lipinski definition) is 0. The molecule has 0 aromatic heterocycles. The molecule has 0 bridgehead atoms. The maximum absolute atomic E-state index is 13.1. The van der Waals surface area contributed by atoms with Gasteiger partial charge in [-0.05, 0) is 42.5 Å². The summed E-state index contributed by atoms with van der Waals surface area (Å²) in [7, 11) is -3.87. The number of carbonyl (C=O) groups excluding carboxylic acids is 1. The SMILES string of the molecule is CCN(CC(=O)N1CCN(c2cccc(Cl)c2)CC1)S(=O)(=O)c1ccc(F)cc1. The highest BCUT2D eigenvalue weighted by molar-refractivity contribution is 7.89. The molecular weight excluding hydrogens is 417 g/mol. The average Bonchev–Trinajstić information content (AvgIpc) is 2.72. The second kappa shape index (κ2) is 9.11. The van der Waals surface area contributed by atoms with Gasteiger partial charge in [-0.15, -0.1) is 0 Å². The first-order chi connectivity index (χ1) is 13.8. The Hall–Kier alpha value is -2.16. The molecule has 1 aliphatic heterocycles. The van der Waals surface area contributed by atoms with Gasteiger partial charge in [0.05, 0.1) is 11.4 Å². The van der Waals surface area contributed by atoms with Crippen molar-refractivity contribution in [2.45, 2.75) is 11.8 Å². The quantitative estimate of drug-likeness (QED) is 0.694. The maximum atomic E-state index is 13.1. The van der Waals surface area contributed by atoms with Crippen molar-refractivity contribution in [1.82, 2.24) is 9.21 Å². The third-order valence-electron chi connectivity index (χ3n) is 4.92. The lowest BCUT2D eigenvalue weighted by atomic mass is 10.2. The number of nitrogens with zero attached hydrogens (tertiary/aromatic N) is 3. The smallest absolute Gasteiger partial charge is 0.243 e. The van der Waals surface area contributed by atoms with Gasteiger partial charge >= 0.3 is 0 Å². The van der Waals surface area contributed by atoms with Crippen molar-refractivity contribution in [3.05, 3.63) is 59.4 Å². The number of anilines is 1. The summed E-state index contributed by atoms with van der Waals surface area (Å²) in [4.78, 5) is 16.5. The Balaban J connectivity index is 1.62. The molecule has 0 atom stereocenters. The van der Waals surface area contributed by atoms with E-state index >= 15 is 0 Å². The second-order valence-electron chi connectivity index (χ2n) is 6.73. The monoisotopic (exact) mass is 439 g/mol. The Labute approximate surface area is 175 Å². The van der Waals surface area contributed by atoms with E-state index in [9.17, 15) is 17.6 Å². The highest BCUT2D eigenvalue weighted by Crippen LogP contribution is 2.21. The third-order valence-corrected chi connectivity index (χ3v) is 7.09. The summed E-state index contributed by atoms with van der Waals surface area (Å²) in [6.45, 7) is 3.86. The van der Waals surface area contributed by atoms with E-state index in [-0.39, 0.29) is 23.9 Å². The molecule has 156 valence electrons. The minimum Gasteiger partial charge on any atom is -0.368 e. The van der Waals surface area contributed by atoms with E-state index < -0.39 is 15.8 Å². The predicted molar refractivity (Wildman–Crippen MR) is 111 cm³/mol. The van der Waals surface area contributed by atoms with Gasteiger partial charge in [0.1, 0.15) is 5.82 Å². The zero-order valence-corrected chi connectivity index (χ0v) is 17.7. The van der Waals surface area contributed by atoms with E-state index in [0.29, 0.717) is 31.2 Å². The Morgan fingerprint density at radius 1 is 1.10 bits per heavy atom. The Morgan fingerprint density at radius 2 is 1.76 bits per heavy atom. The molecule has 3 rings (SSSR count). The number of carbonyl (C=O) groups is 1. The largest absolute Gasteiger partial charge is 0.368 e. The summed E-state index contributed by atoms with van der Waals surface area (Å²) in [5, 5.41) is 0.658. The van der Waals surface area contributed by atoms with E-state index in [0.717, 1.165) is 22.1 Å². The number of sulfonamides is 1. The number of rotatable bonds is 6. The van der Waals surface area contributed by atoms with E-state index in [1.54, 1.807) is 11.8 Å². The molecule has 0 aliphatic carbocycles. The molecule has 0 saturated carbocycles. The van der Waals surface area contributed by atoms with Crippen LogP contribution in [-0.4, -0.2) is 62.8 Å². The van der Waals surface area contributed by atoms with Crippen LogP contribution in [0.3, 0.4) is 0 Å². The molecular formula is C20H23ClFN3O3S. The summed E-state index contributed by atoms with van der Waals surface area (Å²) < 4.78 is 39.8. The molecule has 29 heavy (non-hydrogen) atoms. The first-order valence-electron chi connectivity index (χ1n) is 9.35. The number of amides is 1. The van der Waals surface area contributed by atoms with E-state index in [2.05, 4.69) is 4.90 Å². The first kappa shape index (κ1) is 21.5. The fourth-order valence-electron chi connectivity index (χ4n) is 3.26. The van der Waals surface area contributed by atoms with Crippen molar-refractivity contribution in [3.8, 4) is 0 Å². The Bertz CT molecular complexity index is 961. The topological polar surface area (TPSA) is 60.9 Å². The number of benzene rings is 2. The van der Waals surface area contributed by atoms with Gasteiger partial charge in [0.2, 0.25) is 15.9 Å². The highest BCUT2D eigenvalue weighted by atomic mass is 35.5. The van der Waals surface area contributed by atoms with Gasteiger partial charge in [0.15, 0.2) is 0 Å². The molecule has 0 spiro atoms. The van der Waals surface area contributed by atoms with E-state index in [1.165, 1.54) is 12.1 Å². The standard InChI is InChI=1S/C20H23ClFN3O3S/c1-2-25(29(27,28)19-8-6-17(22)7-9-19)15-20(26)24-12-10-23(11-13-24)18-5-3-4-16(21)14-18/h3-9,14H,2,10-13,15H2,1H3. The Kier molecular flexibility index (Phi) is 6.77.